The SMILES string of the molecule is COc1ccc(S(=O)(=O)NCc2nnnn2-c2cccc(F)c2)cc1C. The summed E-state index contributed by atoms with van der Waals surface area (Å²) in [6.45, 7) is 1.60. The Morgan fingerprint density at radius 1 is 1.23 bits per heavy atom. The lowest BCUT2D eigenvalue weighted by Crippen LogP contribution is -2.25. The first-order valence-electron chi connectivity index (χ1n) is 7.58. The summed E-state index contributed by atoms with van der Waals surface area (Å²) in [5, 5.41) is 11.1. The lowest BCUT2D eigenvalue weighted by molar-refractivity contribution is 0.411. The Balaban J connectivity index is 1.81. The number of nitrogens with zero attached hydrogens (tertiary/aromatic N) is 4. The van der Waals surface area contributed by atoms with Crippen LogP contribution in [0, 0.1) is 12.7 Å². The van der Waals surface area contributed by atoms with E-state index in [0.29, 0.717) is 17.0 Å². The first-order chi connectivity index (χ1) is 12.4. The van der Waals surface area contributed by atoms with Gasteiger partial charge in [0.2, 0.25) is 10.0 Å². The van der Waals surface area contributed by atoms with Crippen molar-refractivity contribution < 1.29 is 17.5 Å². The number of benzene rings is 2. The zero-order valence-electron chi connectivity index (χ0n) is 14.0. The van der Waals surface area contributed by atoms with Gasteiger partial charge in [-0.3, -0.25) is 0 Å². The zero-order chi connectivity index (χ0) is 18.7. The Hall–Kier alpha value is -2.85. The Bertz CT molecular complexity index is 1040. The minimum atomic E-state index is -3.78. The molecule has 0 aliphatic rings. The van der Waals surface area contributed by atoms with E-state index in [1.165, 1.54) is 42.1 Å². The second-order valence-corrected chi connectivity index (χ2v) is 7.21. The smallest absolute Gasteiger partial charge is 0.240 e. The number of ether oxygens (including phenoxy) is 1. The second-order valence-electron chi connectivity index (χ2n) is 5.44. The third kappa shape index (κ3) is 3.70. The molecule has 0 aliphatic heterocycles. The maximum absolute atomic E-state index is 13.4. The maximum atomic E-state index is 13.4. The highest BCUT2D eigenvalue weighted by Gasteiger charge is 2.18. The number of nitrogens with one attached hydrogen (secondary N) is 1. The molecule has 26 heavy (non-hydrogen) atoms. The van der Waals surface area contributed by atoms with Crippen LogP contribution in [0.5, 0.6) is 5.75 Å². The van der Waals surface area contributed by atoms with Crippen LogP contribution in [0.1, 0.15) is 11.4 Å². The number of tetrazole rings is 1. The summed E-state index contributed by atoms with van der Waals surface area (Å²) >= 11 is 0. The van der Waals surface area contributed by atoms with Gasteiger partial charge in [0.15, 0.2) is 5.82 Å². The maximum Gasteiger partial charge on any atom is 0.240 e. The molecule has 0 amide bonds. The summed E-state index contributed by atoms with van der Waals surface area (Å²) in [7, 11) is -2.26. The number of halogens is 1. The van der Waals surface area contributed by atoms with Crippen LogP contribution in [0.4, 0.5) is 4.39 Å². The van der Waals surface area contributed by atoms with E-state index in [9.17, 15) is 12.8 Å². The van der Waals surface area contributed by atoms with E-state index in [4.69, 9.17) is 4.74 Å². The largest absolute Gasteiger partial charge is 0.496 e. The van der Waals surface area contributed by atoms with Gasteiger partial charge in [0.1, 0.15) is 11.6 Å². The number of aryl methyl sites for hydroxylation is 1. The second kappa shape index (κ2) is 7.18. The summed E-state index contributed by atoms with van der Waals surface area (Å²) in [6.07, 6.45) is 0. The predicted molar refractivity (Wildman–Crippen MR) is 90.9 cm³/mol. The van der Waals surface area contributed by atoms with Gasteiger partial charge in [-0.25, -0.2) is 17.5 Å². The third-order valence-corrected chi connectivity index (χ3v) is 5.08. The molecule has 2 aromatic carbocycles. The fourth-order valence-corrected chi connectivity index (χ4v) is 3.45. The van der Waals surface area contributed by atoms with Crippen molar-refractivity contribution in [2.75, 3.05) is 7.11 Å². The van der Waals surface area contributed by atoms with Crippen molar-refractivity contribution in [2.24, 2.45) is 0 Å². The monoisotopic (exact) mass is 377 g/mol. The standard InChI is InChI=1S/C16H16FN5O3S/c1-11-8-14(6-7-15(11)25-2)26(23,24)18-10-16-19-20-21-22(16)13-5-3-4-12(17)9-13/h3-9,18H,10H2,1-2H3. The van der Waals surface area contributed by atoms with Crippen molar-refractivity contribution in [1.29, 1.82) is 0 Å². The Morgan fingerprint density at radius 3 is 2.73 bits per heavy atom. The minimum absolute atomic E-state index is 0.0978. The normalized spacial score (nSPS) is 11.5. The molecule has 10 heteroatoms. The van der Waals surface area contributed by atoms with E-state index in [1.807, 2.05) is 0 Å². The summed E-state index contributed by atoms with van der Waals surface area (Å²) in [5.74, 6) is 0.377. The van der Waals surface area contributed by atoms with E-state index in [-0.39, 0.29) is 17.3 Å². The quantitative estimate of drug-likeness (QED) is 0.700. The number of sulfonamides is 1. The summed E-state index contributed by atoms with van der Waals surface area (Å²) < 4.78 is 47.2. The molecule has 8 nitrogen and oxygen atoms in total. The molecule has 1 aromatic heterocycles. The van der Waals surface area contributed by atoms with E-state index < -0.39 is 15.8 Å². The van der Waals surface area contributed by atoms with Crippen molar-refractivity contribution in [2.45, 2.75) is 18.4 Å². The van der Waals surface area contributed by atoms with Gasteiger partial charge >= 0.3 is 0 Å². The summed E-state index contributed by atoms with van der Waals surface area (Å²) in [5.41, 5.74) is 1.09. The molecule has 0 bridgehead atoms. The Morgan fingerprint density at radius 2 is 2.04 bits per heavy atom. The van der Waals surface area contributed by atoms with Crippen molar-refractivity contribution in [3.8, 4) is 11.4 Å². The van der Waals surface area contributed by atoms with Gasteiger partial charge < -0.3 is 4.74 Å². The fraction of sp³-hybridized carbons (Fsp3) is 0.188. The highest BCUT2D eigenvalue weighted by atomic mass is 32.2. The van der Waals surface area contributed by atoms with Gasteiger partial charge in [-0.2, -0.15) is 4.68 Å². The van der Waals surface area contributed by atoms with Crippen LogP contribution in [0.3, 0.4) is 0 Å². The van der Waals surface area contributed by atoms with Crippen molar-refractivity contribution in [3.05, 3.63) is 59.7 Å². The molecule has 3 rings (SSSR count). The molecule has 136 valence electrons. The number of hydrogen-bond donors (Lipinski definition) is 1. The van der Waals surface area contributed by atoms with Gasteiger partial charge in [0.05, 0.1) is 24.2 Å². The number of methoxy groups -OCH3 is 1. The molecule has 0 saturated heterocycles. The van der Waals surface area contributed by atoms with Crippen molar-refractivity contribution in [1.82, 2.24) is 24.9 Å². The molecule has 1 heterocycles. The molecule has 0 saturated carbocycles. The number of hydrogen-bond acceptors (Lipinski definition) is 6. The molecule has 0 atom stereocenters. The van der Waals surface area contributed by atoms with E-state index in [1.54, 1.807) is 19.1 Å². The average Bonchev–Trinajstić information content (AvgIpc) is 3.08. The highest BCUT2D eigenvalue weighted by molar-refractivity contribution is 7.89. The van der Waals surface area contributed by atoms with Crippen molar-refractivity contribution in [3.63, 3.8) is 0 Å². The topological polar surface area (TPSA) is 99.0 Å². The van der Waals surface area contributed by atoms with Crippen LogP contribution in [0.15, 0.2) is 47.4 Å². The van der Waals surface area contributed by atoms with Crippen LogP contribution < -0.4 is 9.46 Å². The van der Waals surface area contributed by atoms with Gasteiger partial charge in [0, 0.05) is 0 Å². The predicted octanol–water partition coefficient (Wildman–Crippen LogP) is 1.60. The lowest BCUT2D eigenvalue weighted by atomic mass is 10.2. The van der Waals surface area contributed by atoms with Crippen LogP contribution in [0.2, 0.25) is 0 Å². The van der Waals surface area contributed by atoms with Gasteiger partial charge in [-0.15, -0.1) is 5.10 Å². The number of aromatic nitrogens is 4. The van der Waals surface area contributed by atoms with E-state index in [0.717, 1.165) is 0 Å². The molecule has 1 N–H and O–H groups in total. The van der Waals surface area contributed by atoms with Crippen LogP contribution in [-0.2, 0) is 16.6 Å². The Labute approximate surface area is 149 Å². The molecule has 0 fully saturated rings. The fourth-order valence-electron chi connectivity index (χ4n) is 2.39. The lowest BCUT2D eigenvalue weighted by Gasteiger charge is -2.10. The molecular formula is C16H16FN5O3S. The van der Waals surface area contributed by atoms with Crippen molar-refractivity contribution >= 4 is 10.0 Å². The van der Waals surface area contributed by atoms with Crippen LogP contribution >= 0.6 is 0 Å². The summed E-state index contributed by atoms with van der Waals surface area (Å²) in [6, 6.07) is 10.2. The van der Waals surface area contributed by atoms with Gasteiger partial charge in [-0.1, -0.05) is 6.07 Å². The van der Waals surface area contributed by atoms with Crippen LogP contribution in [0.25, 0.3) is 5.69 Å². The Kier molecular flexibility index (Phi) is 4.96. The first-order valence-corrected chi connectivity index (χ1v) is 9.06. The molecule has 0 spiro atoms. The summed E-state index contributed by atoms with van der Waals surface area (Å²) in [4.78, 5) is 0.0978. The number of rotatable bonds is 6. The molecule has 0 radical (unpaired) electrons. The average molecular weight is 377 g/mol. The van der Waals surface area contributed by atoms with E-state index in [2.05, 4.69) is 20.2 Å². The van der Waals surface area contributed by atoms with E-state index >= 15 is 0 Å². The zero-order valence-corrected chi connectivity index (χ0v) is 14.9. The van der Waals surface area contributed by atoms with Gasteiger partial charge in [0.25, 0.3) is 0 Å². The highest BCUT2D eigenvalue weighted by Crippen LogP contribution is 2.21. The first kappa shape index (κ1) is 18.0. The third-order valence-electron chi connectivity index (χ3n) is 3.68. The molecule has 0 unspecified atom stereocenters. The molecule has 3 aromatic rings. The molecule has 0 aliphatic carbocycles. The van der Waals surface area contributed by atoms with Crippen LogP contribution in [-0.4, -0.2) is 35.7 Å². The molecular weight excluding hydrogens is 361 g/mol. The minimum Gasteiger partial charge on any atom is -0.496 e. The van der Waals surface area contributed by atoms with Gasteiger partial charge in [-0.05, 0) is 59.3 Å².